The van der Waals surface area contributed by atoms with E-state index in [0.29, 0.717) is 17.6 Å². The Balaban J connectivity index is 2.38. The van der Waals surface area contributed by atoms with Crippen LogP contribution in [-0.4, -0.2) is 53.4 Å². The summed E-state index contributed by atoms with van der Waals surface area (Å²) in [4.78, 5) is 2.80. The molecule has 1 heterocycles. The number of hydrogen-bond donors (Lipinski definition) is 2. The minimum Gasteiger partial charge on any atom is -0.394 e. The number of hydrogen-bond acceptors (Lipinski definition) is 4. The molecule has 1 saturated heterocycles. The third-order valence-corrected chi connectivity index (χ3v) is 2.66. The van der Waals surface area contributed by atoms with Gasteiger partial charge in [-0.3, -0.25) is 4.90 Å². The monoisotopic (exact) mass is 218 g/mol. The van der Waals surface area contributed by atoms with Gasteiger partial charge >= 0.3 is 0 Å². The lowest BCUT2D eigenvalue weighted by molar-refractivity contribution is -0.0620. The van der Waals surface area contributed by atoms with Crippen molar-refractivity contribution in [1.29, 1.82) is 0 Å². The first kappa shape index (κ1) is 11.8. The molecule has 1 aliphatic heterocycles. The van der Waals surface area contributed by atoms with Gasteiger partial charge in [-0.1, -0.05) is 12.2 Å². The normalized spacial score (nSPS) is 26.0. The molecule has 0 amide bonds. The van der Waals surface area contributed by atoms with Gasteiger partial charge < -0.3 is 15.6 Å². The molecule has 3 N–H and O–H groups in total. The molecule has 0 saturated carbocycles. The molecular formula is C9H18N2O2S. The number of nitrogens with zero attached hydrogens (tertiary/aromatic N) is 1. The van der Waals surface area contributed by atoms with Crippen LogP contribution < -0.4 is 5.73 Å². The van der Waals surface area contributed by atoms with Crippen LogP contribution in [0.4, 0.5) is 0 Å². The average molecular weight is 218 g/mol. The van der Waals surface area contributed by atoms with Crippen LogP contribution >= 0.6 is 12.2 Å². The van der Waals surface area contributed by atoms with Crippen molar-refractivity contribution in [3.63, 3.8) is 0 Å². The highest BCUT2D eigenvalue weighted by atomic mass is 32.1. The van der Waals surface area contributed by atoms with Crippen LogP contribution in [0.5, 0.6) is 0 Å². The van der Waals surface area contributed by atoms with E-state index in [9.17, 15) is 0 Å². The number of rotatable bonds is 4. The fourth-order valence-corrected chi connectivity index (χ4v) is 1.91. The lowest BCUT2D eigenvalue weighted by Crippen LogP contribution is -2.48. The van der Waals surface area contributed by atoms with E-state index in [2.05, 4.69) is 11.8 Å². The molecule has 1 fully saturated rings. The van der Waals surface area contributed by atoms with Crippen LogP contribution in [0.1, 0.15) is 13.3 Å². The molecule has 1 aliphatic rings. The van der Waals surface area contributed by atoms with E-state index in [1.807, 2.05) is 0 Å². The molecule has 0 spiro atoms. The molecule has 82 valence electrons. The number of nitrogens with two attached hydrogens (primary N) is 1. The maximum atomic E-state index is 8.97. The Morgan fingerprint density at radius 2 is 2.50 bits per heavy atom. The van der Waals surface area contributed by atoms with Crippen molar-refractivity contribution >= 4 is 17.2 Å². The van der Waals surface area contributed by atoms with Crippen molar-refractivity contribution in [1.82, 2.24) is 4.90 Å². The summed E-state index contributed by atoms with van der Waals surface area (Å²) < 4.78 is 5.36. The third kappa shape index (κ3) is 3.49. The topological polar surface area (TPSA) is 58.7 Å². The first-order valence-corrected chi connectivity index (χ1v) is 5.29. The van der Waals surface area contributed by atoms with Crippen molar-refractivity contribution in [2.75, 3.05) is 26.3 Å². The summed E-state index contributed by atoms with van der Waals surface area (Å²) in [5.41, 5.74) is 5.49. The molecule has 0 aromatic carbocycles. The Morgan fingerprint density at radius 3 is 3.07 bits per heavy atom. The number of ether oxygens (including phenoxy) is 1. The second-order valence-electron chi connectivity index (χ2n) is 3.69. The van der Waals surface area contributed by atoms with Crippen LogP contribution in [0.2, 0.25) is 0 Å². The SMILES string of the molecule is CC(CC(N)=S)N1CCOC(CO)C1. The summed E-state index contributed by atoms with van der Waals surface area (Å²) >= 11 is 4.87. The van der Waals surface area contributed by atoms with Gasteiger partial charge in [0, 0.05) is 25.6 Å². The van der Waals surface area contributed by atoms with Gasteiger partial charge in [-0.05, 0) is 6.92 Å². The highest BCUT2D eigenvalue weighted by Gasteiger charge is 2.23. The van der Waals surface area contributed by atoms with Crippen LogP contribution in [0, 0.1) is 0 Å². The van der Waals surface area contributed by atoms with Crippen molar-refractivity contribution < 1.29 is 9.84 Å². The van der Waals surface area contributed by atoms with Crippen molar-refractivity contribution in [2.45, 2.75) is 25.5 Å². The van der Waals surface area contributed by atoms with E-state index in [4.69, 9.17) is 27.8 Å². The molecule has 2 unspecified atom stereocenters. The summed E-state index contributed by atoms with van der Waals surface area (Å²) in [7, 11) is 0. The standard InChI is InChI=1S/C9H18N2O2S/c1-7(4-9(10)14)11-2-3-13-8(5-11)6-12/h7-8,12H,2-6H2,1H3,(H2,10,14). The second-order valence-corrected chi connectivity index (χ2v) is 4.21. The Hall–Kier alpha value is -0.230. The zero-order chi connectivity index (χ0) is 10.6. The lowest BCUT2D eigenvalue weighted by Gasteiger charge is -2.36. The lowest BCUT2D eigenvalue weighted by atomic mass is 10.1. The third-order valence-electron chi connectivity index (χ3n) is 2.49. The van der Waals surface area contributed by atoms with Gasteiger partial charge in [-0.2, -0.15) is 0 Å². The fourth-order valence-electron chi connectivity index (χ4n) is 1.67. The smallest absolute Gasteiger partial charge is 0.0932 e. The van der Waals surface area contributed by atoms with Gasteiger partial charge in [-0.25, -0.2) is 0 Å². The average Bonchev–Trinajstić information content (AvgIpc) is 2.17. The van der Waals surface area contributed by atoms with Gasteiger partial charge in [0.15, 0.2) is 0 Å². The molecule has 1 rings (SSSR count). The summed E-state index contributed by atoms with van der Waals surface area (Å²) in [6.07, 6.45) is 0.672. The molecule has 0 radical (unpaired) electrons. The van der Waals surface area contributed by atoms with Gasteiger partial charge in [0.2, 0.25) is 0 Å². The summed E-state index contributed by atoms with van der Waals surface area (Å²) in [5, 5.41) is 8.97. The van der Waals surface area contributed by atoms with Crippen molar-refractivity contribution in [2.24, 2.45) is 5.73 Å². The molecular weight excluding hydrogens is 200 g/mol. The Bertz CT molecular complexity index is 201. The Labute approximate surface area is 90.0 Å². The molecule has 0 aromatic heterocycles. The summed E-state index contributed by atoms with van der Waals surface area (Å²) in [6, 6.07) is 0.338. The molecule has 4 nitrogen and oxygen atoms in total. The molecule has 0 aromatic rings. The number of morpholine rings is 1. The van der Waals surface area contributed by atoms with Gasteiger partial charge in [0.25, 0.3) is 0 Å². The summed E-state index contributed by atoms with van der Waals surface area (Å²) in [5.74, 6) is 0. The van der Waals surface area contributed by atoms with Gasteiger partial charge in [0.05, 0.1) is 24.3 Å². The molecule has 0 bridgehead atoms. The van der Waals surface area contributed by atoms with E-state index in [-0.39, 0.29) is 12.7 Å². The zero-order valence-corrected chi connectivity index (χ0v) is 9.30. The first-order valence-electron chi connectivity index (χ1n) is 4.88. The Morgan fingerprint density at radius 1 is 1.79 bits per heavy atom. The second kappa shape index (κ2) is 5.60. The predicted octanol–water partition coefficient (Wildman–Crippen LogP) is -0.256. The Kier molecular flexibility index (Phi) is 4.74. The fraction of sp³-hybridized carbons (Fsp3) is 0.889. The largest absolute Gasteiger partial charge is 0.394 e. The van der Waals surface area contributed by atoms with E-state index in [1.54, 1.807) is 0 Å². The van der Waals surface area contributed by atoms with E-state index < -0.39 is 0 Å². The highest BCUT2D eigenvalue weighted by Crippen LogP contribution is 2.10. The van der Waals surface area contributed by atoms with Crippen LogP contribution in [-0.2, 0) is 4.74 Å². The molecule has 2 atom stereocenters. The maximum Gasteiger partial charge on any atom is 0.0932 e. The number of aliphatic hydroxyl groups excluding tert-OH is 1. The number of thiocarbonyl (C=S) groups is 1. The van der Waals surface area contributed by atoms with Crippen molar-refractivity contribution in [3.8, 4) is 0 Å². The van der Waals surface area contributed by atoms with Gasteiger partial charge in [0.1, 0.15) is 0 Å². The molecule has 14 heavy (non-hydrogen) atoms. The molecule has 5 heteroatoms. The highest BCUT2D eigenvalue weighted by molar-refractivity contribution is 7.80. The minimum absolute atomic E-state index is 0.0578. The van der Waals surface area contributed by atoms with E-state index in [0.717, 1.165) is 19.5 Å². The molecule has 0 aliphatic carbocycles. The van der Waals surface area contributed by atoms with E-state index in [1.165, 1.54) is 0 Å². The zero-order valence-electron chi connectivity index (χ0n) is 8.48. The van der Waals surface area contributed by atoms with Crippen LogP contribution in [0.3, 0.4) is 0 Å². The number of aliphatic hydroxyl groups is 1. The van der Waals surface area contributed by atoms with Crippen LogP contribution in [0.15, 0.2) is 0 Å². The van der Waals surface area contributed by atoms with E-state index >= 15 is 0 Å². The summed E-state index contributed by atoms with van der Waals surface area (Å²) in [6.45, 7) is 4.50. The van der Waals surface area contributed by atoms with Gasteiger partial charge in [-0.15, -0.1) is 0 Å². The quantitative estimate of drug-likeness (QED) is 0.637. The van der Waals surface area contributed by atoms with Crippen LogP contribution in [0.25, 0.3) is 0 Å². The predicted molar refractivity (Wildman–Crippen MR) is 59.3 cm³/mol. The maximum absolute atomic E-state index is 8.97. The van der Waals surface area contributed by atoms with Crippen molar-refractivity contribution in [3.05, 3.63) is 0 Å². The first-order chi connectivity index (χ1) is 6.63. The minimum atomic E-state index is -0.0578.